The average Bonchev–Trinajstić information content (AvgIpc) is 2.52. The van der Waals surface area contributed by atoms with Gasteiger partial charge in [-0.15, -0.1) is 0 Å². The molecular formula is C12H22O11. The van der Waals surface area contributed by atoms with E-state index in [1.54, 1.807) is 0 Å². The van der Waals surface area contributed by atoms with E-state index in [1.807, 2.05) is 0 Å². The summed E-state index contributed by atoms with van der Waals surface area (Å²) < 4.78 is 14.9. The van der Waals surface area contributed by atoms with Crippen LogP contribution in [0.2, 0.25) is 0 Å². The predicted octanol–water partition coefficient (Wildman–Crippen LogP) is -5.40. The lowest BCUT2D eigenvalue weighted by Crippen LogP contribution is -2.60. The molecule has 2 saturated heterocycles. The summed E-state index contributed by atoms with van der Waals surface area (Å²) in [7, 11) is 0. The zero-order chi connectivity index (χ0) is 17.3. The highest BCUT2D eigenvalue weighted by atomic mass is 16.7. The zero-order valence-corrected chi connectivity index (χ0v) is 12.0. The molecule has 11 heteroatoms. The van der Waals surface area contributed by atoms with Gasteiger partial charge in [0, 0.05) is 0 Å². The second kappa shape index (κ2) is 7.63. The second-order valence-electron chi connectivity index (χ2n) is 5.61. The van der Waals surface area contributed by atoms with Crippen LogP contribution in [-0.2, 0) is 14.2 Å². The fourth-order valence-electron chi connectivity index (χ4n) is 2.44. The van der Waals surface area contributed by atoms with E-state index in [4.69, 9.17) is 14.2 Å². The minimum atomic E-state index is -1.70. The van der Waals surface area contributed by atoms with Crippen LogP contribution in [0.4, 0.5) is 0 Å². The van der Waals surface area contributed by atoms with Crippen LogP contribution >= 0.6 is 0 Å². The molecule has 2 aliphatic heterocycles. The van der Waals surface area contributed by atoms with Gasteiger partial charge in [-0.25, -0.2) is 0 Å². The van der Waals surface area contributed by atoms with E-state index in [2.05, 4.69) is 0 Å². The molecule has 2 heterocycles. The maximum Gasteiger partial charge on any atom is 0.184 e. The lowest BCUT2D eigenvalue weighted by Gasteiger charge is -2.39. The highest BCUT2D eigenvalue weighted by molar-refractivity contribution is 4.90. The fraction of sp³-hybridized carbons (Fsp3) is 1.00. The van der Waals surface area contributed by atoms with Crippen molar-refractivity contribution < 1.29 is 55.1 Å². The van der Waals surface area contributed by atoms with Crippen LogP contribution in [0.3, 0.4) is 0 Å². The van der Waals surface area contributed by atoms with E-state index < -0.39 is 61.4 Å². The summed E-state index contributed by atoms with van der Waals surface area (Å²) in [6.45, 7) is -0.660. The molecule has 136 valence electrons. The molecule has 10 atom stereocenters. The molecule has 0 amide bonds. The summed E-state index contributed by atoms with van der Waals surface area (Å²) in [5.74, 6) is 0. The molecule has 0 aliphatic carbocycles. The SMILES string of the molecule is OC1O[C@H](COC[C@H]2OC(O)[C@@H](O)[C@@H](O)[C@@H]2O)[C@@H](O)[C@H](O)[C@@H]1O. The largest absolute Gasteiger partial charge is 0.387 e. The molecule has 0 aromatic carbocycles. The number of rotatable bonds is 4. The third-order valence-corrected chi connectivity index (χ3v) is 3.94. The molecule has 0 radical (unpaired) electrons. The summed E-state index contributed by atoms with van der Waals surface area (Å²) in [6, 6.07) is 0. The first-order valence-corrected chi connectivity index (χ1v) is 7.07. The van der Waals surface area contributed by atoms with Crippen molar-refractivity contribution in [2.24, 2.45) is 0 Å². The maximum absolute atomic E-state index is 9.71. The van der Waals surface area contributed by atoms with Crippen LogP contribution in [0.25, 0.3) is 0 Å². The molecule has 2 aliphatic rings. The van der Waals surface area contributed by atoms with Crippen molar-refractivity contribution >= 4 is 0 Å². The van der Waals surface area contributed by atoms with Gasteiger partial charge in [0.25, 0.3) is 0 Å². The van der Waals surface area contributed by atoms with E-state index >= 15 is 0 Å². The molecule has 2 fully saturated rings. The summed E-state index contributed by atoms with van der Waals surface area (Å²) >= 11 is 0. The van der Waals surface area contributed by atoms with Crippen molar-refractivity contribution in [3.63, 3.8) is 0 Å². The van der Waals surface area contributed by atoms with Gasteiger partial charge in [-0.1, -0.05) is 0 Å². The van der Waals surface area contributed by atoms with Crippen LogP contribution in [-0.4, -0.2) is 115 Å². The Morgan fingerprint density at radius 2 is 0.870 bits per heavy atom. The highest BCUT2D eigenvalue weighted by Gasteiger charge is 2.45. The quantitative estimate of drug-likeness (QED) is 0.243. The highest BCUT2D eigenvalue weighted by Crippen LogP contribution is 2.22. The summed E-state index contributed by atoms with van der Waals surface area (Å²) in [5, 5.41) is 75.9. The maximum atomic E-state index is 9.71. The predicted molar refractivity (Wildman–Crippen MR) is 68.6 cm³/mol. The average molecular weight is 342 g/mol. The second-order valence-corrected chi connectivity index (χ2v) is 5.61. The summed E-state index contributed by atoms with van der Waals surface area (Å²) in [6.07, 6.45) is -15.3. The van der Waals surface area contributed by atoms with E-state index in [0.29, 0.717) is 0 Å². The standard InChI is InChI=1S/C12H22O11/c13-5-3(22-11(19)9(17)7(5)15)1-21-2-4-6(14)8(16)10(18)12(20)23-4/h3-20H,1-2H2/t3-,4-,5-,6-,7+,8+,9+,10+,11?,12?/m1/s1. The van der Waals surface area contributed by atoms with Crippen molar-refractivity contribution in [2.45, 2.75) is 61.4 Å². The fourth-order valence-corrected chi connectivity index (χ4v) is 2.44. The number of ether oxygens (including phenoxy) is 3. The van der Waals surface area contributed by atoms with E-state index in [0.717, 1.165) is 0 Å². The molecule has 2 unspecified atom stereocenters. The van der Waals surface area contributed by atoms with Gasteiger partial charge in [-0.3, -0.25) is 0 Å². The molecule has 0 bridgehead atoms. The van der Waals surface area contributed by atoms with Gasteiger partial charge in [0.15, 0.2) is 12.6 Å². The third kappa shape index (κ3) is 3.97. The molecule has 0 aromatic rings. The summed E-state index contributed by atoms with van der Waals surface area (Å²) in [4.78, 5) is 0. The summed E-state index contributed by atoms with van der Waals surface area (Å²) in [5.41, 5.74) is 0. The minimum Gasteiger partial charge on any atom is -0.387 e. The zero-order valence-electron chi connectivity index (χ0n) is 12.0. The Morgan fingerprint density at radius 1 is 0.522 bits per heavy atom. The third-order valence-electron chi connectivity index (χ3n) is 3.94. The topological polar surface area (TPSA) is 190 Å². The first-order valence-electron chi connectivity index (χ1n) is 7.07. The van der Waals surface area contributed by atoms with Crippen molar-refractivity contribution in [3.8, 4) is 0 Å². The van der Waals surface area contributed by atoms with Gasteiger partial charge in [0.2, 0.25) is 0 Å². The van der Waals surface area contributed by atoms with E-state index in [1.165, 1.54) is 0 Å². The molecule has 8 N–H and O–H groups in total. The van der Waals surface area contributed by atoms with Crippen LogP contribution in [0.15, 0.2) is 0 Å². The van der Waals surface area contributed by atoms with Crippen LogP contribution in [0, 0.1) is 0 Å². The van der Waals surface area contributed by atoms with Crippen molar-refractivity contribution in [3.05, 3.63) is 0 Å². The smallest absolute Gasteiger partial charge is 0.184 e. The van der Waals surface area contributed by atoms with Gasteiger partial charge in [-0.2, -0.15) is 0 Å². The van der Waals surface area contributed by atoms with Crippen molar-refractivity contribution in [1.29, 1.82) is 0 Å². The Labute approximate surface area is 130 Å². The number of hydrogen-bond donors (Lipinski definition) is 8. The minimum absolute atomic E-state index is 0.330. The van der Waals surface area contributed by atoms with Gasteiger partial charge in [-0.05, 0) is 0 Å². The first-order chi connectivity index (χ1) is 10.7. The van der Waals surface area contributed by atoms with Crippen LogP contribution in [0.5, 0.6) is 0 Å². The Balaban J connectivity index is 1.82. The van der Waals surface area contributed by atoms with Gasteiger partial charge >= 0.3 is 0 Å². The number of hydrogen-bond acceptors (Lipinski definition) is 11. The lowest BCUT2D eigenvalue weighted by molar-refractivity contribution is -0.300. The Morgan fingerprint density at radius 3 is 1.22 bits per heavy atom. The van der Waals surface area contributed by atoms with Gasteiger partial charge in [0.1, 0.15) is 48.8 Å². The molecule has 0 spiro atoms. The number of aliphatic hydroxyl groups excluding tert-OH is 8. The normalized spacial score (nSPS) is 51.7. The Bertz CT molecular complexity index is 348. The molecule has 2 rings (SSSR count). The van der Waals surface area contributed by atoms with Gasteiger partial charge < -0.3 is 55.1 Å². The Hall–Kier alpha value is -0.440. The molecular weight excluding hydrogens is 320 g/mol. The number of aliphatic hydroxyl groups is 8. The van der Waals surface area contributed by atoms with Crippen molar-refractivity contribution in [2.75, 3.05) is 13.2 Å². The van der Waals surface area contributed by atoms with Crippen LogP contribution < -0.4 is 0 Å². The molecule has 23 heavy (non-hydrogen) atoms. The molecule has 0 saturated carbocycles. The van der Waals surface area contributed by atoms with Crippen molar-refractivity contribution in [1.82, 2.24) is 0 Å². The molecule has 0 aromatic heterocycles. The monoisotopic (exact) mass is 342 g/mol. The molecule has 11 nitrogen and oxygen atoms in total. The van der Waals surface area contributed by atoms with Gasteiger partial charge in [0.05, 0.1) is 13.2 Å². The Kier molecular flexibility index (Phi) is 6.27. The first kappa shape index (κ1) is 18.9. The van der Waals surface area contributed by atoms with E-state index in [-0.39, 0.29) is 13.2 Å². The lowest BCUT2D eigenvalue weighted by atomic mass is 9.99. The van der Waals surface area contributed by atoms with E-state index in [9.17, 15) is 40.9 Å². The van der Waals surface area contributed by atoms with Crippen LogP contribution in [0.1, 0.15) is 0 Å².